The van der Waals surface area contributed by atoms with E-state index in [4.69, 9.17) is 9.47 Å². The zero-order valence-corrected chi connectivity index (χ0v) is 13.0. The molecule has 0 aromatic carbocycles. The Morgan fingerprint density at radius 2 is 2.00 bits per heavy atom. The summed E-state index contributed by atoms with van der Waals surface area (Å²) < 4.78 is 9.60. The number of aryl methyl sites for hydroxylation is 2. The maximum absolute atomic E-state index is 11.8. The molecule has 0 aliphatic carbocycles. The first-order valence-corrected chi connectivity index (χ1v) is 7.06. The van der Waals surface area contributed by atoms with Gasteiger partial charge < -0.3 is 14.8 Å². The molecule has 0 fully saturated rings. The highest BCUT2D eigenvalue weighted by Gasteiger charge is 2.15. The fourth-order valence-corrected chi connectivity index (χ4v) is 2.43. The number of hydrogen-bond donors (Lipinski definition) is 2. The topological polar surface area (TPSA) is 93.7 Å². The molecule has 0 aliphatic heterocycles. The van der Waals surface area contributed by atoms with E-state index in [9.17, 15) is 14.4 Å². The molecular weight excluding hydrogens is 296 g/mol. The number of thiophene rings is 1. The third-order valence-corrected chi connectivity index (χ3v) is 3.41. The van der Waals surface area contributed by atoms with E-state index in [0.29, 0.717) is 12.2 Å². The molecule has 8 heteroatoms. The van der Waals surface area contributed by atoms with Crippen LogP contribution >= 0.6 is 11.3 Å². The number of carbonyl (C=O) groups excluding carboxylic acids is 3. The fraction of sp³-hybridized carbons (Fsp3) is 0.462. The Morgan fingerprint density at radius 3 is 2.57 bits per heavy atom. The van der Waals surface area contributed by atoms with Gasteiger partial charge in [-0.05, 0) is 19.9 Å². The first-order chi connectivity index (χ1) is 9.93. The van der Waals surface area contributed by atoms with Crippen LogP contribution in [0.4, 0.5) is 4.79 Å². The van der Waals surface area contributed by atoms with E-state index in [1.54, 1.807) is 13.0 Å². The van der Waals surface area contributed by atoms with Gasteiger partial charge in [0.1, 0.15) is 0 Å². The minimum absolute atomic E-state index is 0.281. The maximum Gasteiger partial charge on any atom is 0.339 e. The Kier molecular flexibility index (Phi) is 6.83. The lowest BCUT2D eigenvalue weighted by atomic mass is 10.2. The van der Waals surface area contributed by atoms with E-state index < -0.39 is 24.5 Å². The van der Waals surface area contributed by atoms with E-state index >= 15 is 0 Å². The third kappa shape index (κ3) is 5.92. The number of carbonyl (C=O) groups is 3. The summed E-state index contributed by atoms with van der Waals surface area (Å²) in [5.41, 5.74) is 0.440. The summed E-state index contributed by atoms with van der Waals surface area (Å²) in [6.07, 6.45) is 0. The van der Waals surface area contributed by atoms with Gasteiger partial charge in [0, 0.05) is 23.4 Å². The fourth-order valence-electron chi connectivity index (χ4n) is 1.52. The zero-order chi connectivity index (χ0) is 15.8. The second-order valence-corrected chi connectivity index (χ2v) is 5.66. The minimum atomic E-state index is -0.692. The Balaban J connectivity index is 2.34. The Labute approximate surface area is 126 Å². The molecule has 1 rings (SSSR count). The number of hydrogen-bond acceptors (Lipinski definition) is 6. The lowest BCUT2D eigenvalue weighted by Gasteiger charge is -2.07. The van der Waals surface area contributed by atoms with Gasteiger partial charge in [-0.25, -0.2) is 9.59 Å². The van der Waals surface area contributed by atoms with E-state index in [-0.39, 0.29) is 6.54 Å². The first kappa shape index (κ1) is 17.1. The molecule has 116 valence electrons. The van der Waals surface area contributed by atoms with Crippen LogP contribution in [0.15, 0.2) is 6.07 Å². The van der Waals surface area contributed by atoms with Crippen molar-refractivity contribution in [3.05, 3.63) is 21.4 Å². The number of rotatable bonds is 6. The van der Waals surface area contributed by atoms with Crippen molar-refractivity contribution in [1.29, 1.82) is 0 Å². The van der Waals surface area contributed by atoms with Gasteiger partial charge in [0.25, 0.3) is 5.91 Å². The highest BCUT2D eigenvalue weighted by Crippen LogP contribution is 2.21. The third-order valence-electron chi connectivity index (χ3n) is 2.44. The highest BCUT2D eigenvalue weighted by molar-refractivity contribution is 7.12. The lowest BCUT2D eigenvalue weighted by molar-refractivity contribution is -0.123. The summed E-state index contributed by atoms with van der Waals surface area (Å²) >= 11 is 1.48. The average Bonchev–Trinajstić information content (AvgIpc) is 2.75. The van der Waals surface area contributed by atoms with Crippen LogP contribution in [-0.2, 0) is 14.3 Å². The molecule has 1 heterocycles. The summed E-state index contributed by atoms with van der Waals surface area (Å²) in [5.74, 6) is -1.27. The van der Waals surface area contributed by atoms with E-state index in [2.05, 4.69) is 5.32 Å². The van der Waals surface area contributed by atoms with Crippen LogP contribution in [0, 0.1) is 13.8 Å². The molecule has 3 amide bonds. The first-order valence-electron chi connectivity index (χ1n) is 6.24. The van der Waals surface area contributed by atoms with Crippen molar-refractivity contribution >= 4 is 29.2 Å². The van der Waals surface area contributed by atoms with E-state index in [0.717, 1.165) is 9.75 Å². The molecule has 0 unspecified atom stereocenters. The smallest absolute Gasteiger partial charge is 0.339 e. The van der Waals surface area contributed by atoms with Gasteiger partial charge in [-0.3, -0.25) is 10.1 Å². The normalized spacial score (nSPS) is 10.0. The van der Waals surface area contributed by atoms with Gasteiger partial charge in [0.15, 0.2) is 6.61 Å². The summed E-state index contributed by atoms with van der Waals surface area (Å²) in [6, 6.07) is 1.05. The van der Waals surface area contributed by atoms with Crippen LogP contribution < -0.4 is 10.6 Å². The van der Waals surface area contributed by atoms with E-state index in [1.807, 2.05) is 12.2 Å². The average molecular weight is 314 g/mol. The van der Waals surface area contributed by atoms with Crippen LogP contribution in [-0.4, -0.2) is 44.8 Å². The Hall–Kier alpha value is -1.93. The molecular formula is C13H18N2O5S. The van der Waals surface area contributed by atoms with Gasteiger partial charge in [0.2, 0.25) is 0 Å². The largest absolute Gasteiger partial charge is 0.452 e. The number of amides is 3. The second-order valence-electron chi connectivity index (χ2n) is 4.20. The van der Waals surface area contributed by atoms with Crippen molar-refractivity contribution in [2.45, 2.75) is 13.8 Å². The van der Waals surface area contributed by atoms with Gasteiger partial charge in [-0.15, -0.1) is 11.3 Å². The SMILES string of the molecule is COCCNC(=O)NC(=O)COC(=O)c1cc(C)sc1C. The number of esters is 1. The molecule has 0 atom stereocenters. The predicted molar refractivity (Wildman–Crippen MR) is 77.5 cm³/mol. The molecule has 0 saturated heterocycles. The van der Waals surface area contributed by atoms with Crippen molar-refractivity contribution in [3.8, 4) is 0 Å². The van der Waals surface area contributed by atoms with Gasteiger partial charge in [0.05, 0.1) is 12.2 Å². The quantitative estimate of drug-likeness (QED) is 0.603. The summed E-state index contributed by atoms with van der Waals surface area (Å²) in [7, 11) is 1.50. The monoisotopic (exact) mass is 314 g/mol. The Morgan fingerprint density at radius 1 is 1.29 bits per heavy atom. The zero-order valence-electron chi connectivity index (χ0n) is 12.1. The molecule has 0 bridgehead atoms. The van der Waals surface area contributed by atoms with Crippen molar-refractivity contribution in [2.75, 3.05) is 26.9 Å². The second kappa shape index (κ2) is 8.38. The standard InChI is InChI=1S/C13H18N2O5S/c1-8-6-10(9(2)21-8)12(17)20-7-11(16)15-13(18)14-4-5-19-3/h6H,4-5,7H2,1-3H3,(H2,14,15,16,18). The number of ether oxygens (including phenoxy) is 2. The number of nitrogens with one attached hydrogen (secondary N) is 2. The van der Waals surface area contributed by atoms with Gasteiger partial charge in [-0.2, -0.15) is 0 Å². The van der Waals surface area contributed by atoms with Crippen molar-refractivity contribution in [1.82, 2.24) is 10.6 Å². The van der Waals surface area contributed by atoms with Crippen molar-refractivity contribution in [3.63, 3.8) is 0 Å². The summed E-state index contributed by atoms with van der Waals surface area (Å²) in [5, 5.41) is 4.46. The molecule has 0 radical (unpaired) electrons. The number of imide groups is 1. The molecule has 1 aromatic rings. The van der Waals surface area contributed by atoms with Crippen LogP contribution in [0.5, 0.6) is 0 Å². The van der Waals surface area contributed by atoms with Gasteiger partial charge >= 0.3 is 12.0 Å². The van der Waals surface area contributed by atoms with Crippen molar-refractivity contribution < 1.29 is 23.9 Å². The van der Waals surface area contributed by atoms with E-state index in [1.165, 1.54) is 18.4 Å². The molecule has 0 aliphatic rings. The van der Waals surface area contributed by atoms with Gasteiger partial charge in [-0.1, -0.05) is 0 Å². The molecule has 0 spiro atoms. The summed E-state index contributed by atoms with van der Waals surface area (Å²) in [4.78, 5) is 36.3. The molecule has 0 saturated carbocycles. The Bertz CT molecular complexity index is 527. The number of urea groups is 1. The molecule has 21 heavy (non-hydrogen) atoms. The molecule has 7 nitrogen and oxygen atoms in total. The minimum Gasteiger partial charge on any atom is -0.452 e. The van der Waals surface area contributed by atoms with Crippen LogP contribution in [0.25, 0.3) is 0 Å². The van der Waals surface area contributed by atoms with Crippen LogP contribution in [0.3, 0.4) is 0 Å². The number of methoxy groups -OCH3 is 1. The lowest BCUT2D eigenvalue weighted by Crippen LogP contribution is -2.42. The van der Waals surface area contributed by atoms with Crippen molar-refractivity contribution in [2.24, 2.45) is 0 Å². The molecule has 1 aromatic heterocycles. The highest BCUT2D eigenvalue weighted by atomic mass is 32.1. The predicted octanol–water partition coefficient (Wildman–Crippen LogP) is 0.994. The summed E-state index contributed by atoms with van der Waals surface area (Å²) in [6.45, 7) is 3.80. The maximum atomic E-state index is 11.8. The van der Waals surface area contributed by atoms with Crippen LogP contribution in [0.2, 0.25) is 0 Å². The molecule has 2 N–H and O–H groups in total. The van der Waals surface area contributed by atoms with Crippen LogP contribution in [0.1, 0.15) is 20.1 Å².